The third kappa shape index (κ3) is 4.35. The Labute approximate surface area is 130 Å². The van der Waals surface area contributed by atoms with Crippen LogP contribution < -0.4 is 4.72 Å². The summed E-state index contributed by atoms with van der Waals surface area (Å²) >= 11 is 3.45. The molecule has 0 bridgehead atoms. The SMILES string of the molecule is O=C(O)c1ccc(S(=O)(=O)NCC2CSCCS2)c(F)c1. The van der Waals surface area contributed by atoms with Gasteiger partial charge in [-0.15, -0.1) is 0 Å². The molecule has 1 aliphatic rings. The first-order chi connectivity index (χ1) is 9.90. The molecule has 1 heterocycles. The molecule has 1 saturated heterocycles. The molecule has 2 rings (SSSR count). The molecule has 1 atom stereocenters. The molecule has 0 spiro atoms. The van der Waals surface area contributed by atoms with Gasteiger partial charge in [0.05, 0.1) is 5.56 Å². The summed E-state index contributed by atoms with van der Waals surface area (Å²) in [7, 11) is -3.97. The van der Waals surface area contributed by atoms with Gasteiger partial charge < -0.3 is 5.11 Å². The van der Waals surface area contributed by atoms with Gasteiger partial charge in [-0.3, -0.25) is 0 Å². The summed E-state index contributed by atoms with van der Waals surface area (Å²) in [5.74, 6) is 0.514. The van der Waals surface area contributed by atoms with Gasteiger partial charge in [-0.2, -0.15) is 23.5 Å². The Hall–Kier alpha value is -0.770. The van der Waals surface area contributed by atoms with Gasteiger partial charge in [0.1, 0.15) is 10.7 Å². The van der Waals surface area contributed by atoms with Crippen LogP contribution in [0.2, 0.25) is 0 Å². The Balaban J connectivity index is 2.10. The van der Waals surface area contributed by atoms with E-state index in [0.29, 0.717) is 6.07 Å². The maximum absolute atomic E-state index is 13.8. The molecule has 21 heavy (non-hydrogen) atoms. The van der Waals surface area contributed by atoms with Crippen LogP contribution in [0.3, 0.4) is 0 Å². The zero-order valence-electron chi connectivity index (χ0n) is 10.9. The van der Waals surface area contributed by atoms with Crippen molar-refractivity contribution in [1.82, 2.24) is 4.72 Å². The number of hydrogen-bond acceptors (Lipinski definition) is 5. The predicted molar refractivity (Wildman–Crippen MR) is 82.1 cm³/mol. The number of aromatic carboxylic acids is 1. The minimum Gasteiger partial charge on any atom is -0.478 e. The zero-order valence-corrected chi connectivity index (χ0v) is 13.4. The molecule has 9 heteroatoms. The van der Waals surface area contributed by atoms with E-state index in [1.807, 2.05) is 0 Å². The number of carboxylic acid groups (broad SMARTS) is 1. The van der Waals surface area contributed by atoms with Crippen LogP contribution in [0.1, 0.15) is 10.4 Å². The first kappa shape index (κ1) is 16.6. The van der Waals surface area contributed by atoms with E-state index in [4.69, 9.17) is 5.11 Å². The van der Waals surface area contributed by atoms with Gasteiger partial charge in [-0.05, 0) is 18.2 Å². The molecule has 1 aliphatic heterocycles. The number of sulfonamides is 1. The molecule has 0 saturated carbocycles. The van der Waals surface area contributed by atoms with Gasteiger partial charge in [0.25, 0.3) is 0 Å². The van der Waals surface area contributed by atoms with Crippen molar-refractivity contribution in [3.63, 3.8) is 0 Å². The van der Waals surface area contributed by atoms with E-state index in [-0.39, 0.29) is 17.4 Å². The highest BCUT2D eigenvalue weighted by Gasteiger charge is 2.23. The minimum atomic E-state index is -3.97. The number of nitrogens with one attached hydrogen (secondary N) is 1. The average molecular weight is 351 g/mol. The Morgan fingerprint density at radius 3 is 2.76 bits per heavy atom. The average Bonchev–Trinajstić information content (AvgIpc) is 2.46. The molecule has 1 aromatic carbocycles. The number of carboxylic acids is 1. The first-order valence-corrected chi connectivity index (χ1v) is 9.80. The fourth-order valence-corrected chi connectivity index (χ4v) is 5.64. The topological polar surface area (TPSA) is 83.5 Å². The van der Waals surface area contributed by atoms with Crippen LogP contribution in [0.15, 0.2) is 23.1 Å². The van der Waals surface area contributed by atoms with Gasteiger partial charge >= 0.3 is 5.97 Å². The highest BCUT2D eigenvalue weighted by atomic mass is 32.2. The predicted octanol–water partition coefficient (Wildman–Crippen LogP) is 1.65. The molecular formula is C12H14FNO4S3. The number of rotatable bonds is 5. The van der Waals surface area contributed by atoms with E-state index in [2.05, 4.69) is 4.72 Å². The highest BCUT2D eigenvalue weighted by molar-refractivity contribution is 8.06. The maximum atomic E-state index is 13.8. The second-order valence-electron chi connectivity index (χ2n) is 4.37. The molecule has 0 aliphatic carbocycles. The number of thioether (sulfide) groups is 2. The molecule has 0 amide bonds. The van der Waals surface area contributed by atoms with Crippen LogP contribution in [0, 0.1) is 5.82 Å². The Kier molecular flexibility index (Phi) is 5.53. The van der Waals surface area contributed by atoms with Crippen molar-refractivity contribution in [2.24, 2.45) is 0 Å². The van der Waals surface area contributed by atoms with Crippen LogP contribution in [-0.4, -0.2) is 48.5 Å². The number of carbonyl (C=O) groups is 1. The fraction of sp³-hybridized carbons (Fsp3) is 0.417. The summed E-state index contributed by atoms with van der Waals surface area (Å²) in [4.78, 5) is 10.2. The smallest absolute Gasteiger partial charge is 0.335 e. The second kappa shape index (κ2) is 6.99. The lowest BCUT2D eigenvalue weighted by molar-refractivity contribution is 0.0696. The first-order valence-electron chi connectivity index (χ1n) is 6.12. The van der Waals surface area contributed by atoms with E-state index in [1.54, 1.807) is 23.5 Å². The Morgan fingerprint density at radius 2 is 2.19 bits per heavy atom. The molecule has 5 nitrogen and oxygen atoms in total. The molecule has 1 fully saturated rings. The van der Waals surface area contributed by atoms with Crippen molar-refractivity contribution >= 4 is 39.5 Å². The van der Waals surface area contributed by atoms with Crippen molar-refractivity contribution in [2.45, 2.75) is 10.1 Å². The van der Waals surface area contributed by atoms with Gasteiger partial charge in [0.15, 0.2) is 0 Å². The summed E-state index contributed by atoms with van der Waals surface area (Å²) < 4.78 is 40.3. The third-order valence-corrected chi connectivity index (χ3v) is 7.16. The van der Waals surface area contributed by atoms with Crippen LogP contribution in [0.25, 0.3) is 0 Å². The standard InChI is InChI=1S/C12H14FNO4S3/c13-10-5-8(12(15)16)1-2-11(10)21(17,18)14-6-9-7-19-3-4-20-9/h1-2,5,9,14H,3-4,6-7H2,(H,15,16). The van der Waals surface area contributed by atoms with Crippen LogP contribution >= 0.6 is 23.5 Å². The number of halogens is 1. The van der Waals surface area contributed by atoms with E-state index in [9.17, 15) is 17.6 Å². The number of hydrogen-bond donors (Lipinski definition) is 2. The molecule has 1 aromatic rings. The Bertz CT molecular complexity index is 629. The summed E-state index contributed by atoms with van der Waals surface area (Å²) in [5, 5.41) is 8.91. The summed E-state index contributed by atoms with van der Waals surface area (Å²) in [5.41, 5.74) is -0.286. The van der Waals surface area contributed by atoms with Gasteiger partial charge in [-0.25, -0.2) is 22.3 Å². The van der Waals surface area contributed by atoms with Crippen molar-refractivity contribution < 1.29 is 22.7 Å². The van der Waals surface area contributed by atoms with E-state index >= 15 is 0 Å². The van der Waals surface area contributed by atoms with Crippen LogP contribution in [0.4, 0.5) is 4.39 Å². The van der Waals surface area contributed by atoms with Crippen LogP contribution in [-0.2, 0) is 10.0 Å². The van der Waals surface area contributed by atoms with E-state index in [1.165, 1.54) is 0 Å². The van der Waals surface area contributed by atoms with Crippen molar-refractivity contribution in [3.05, 3.63) is 29.6 Å². The maximum Gasteiger partial charge on any atom is 0.335 e. The fourth-order valence-electron chi connectivity index (χ4n) is 1.79. The largest absolute Gasteiger partial charge is 0.478 e. The van der Waals surface area contributed by atoms with Gasteiger partial charge in [-0.1, -0.05) is 0 Å². The quantitative estimate of drug-likeness (QED) is 0.839. The lowest BCUT2D eigenvalue weighted by Crippen LogP contribution is -2.33. The molecular weight excluding hydrogens is 337 g/mol. The monoisotopic (exact) mass is 351 g/mol. The minimum absolute atomic E-state index is 0.167. The molecule has 0 radical (unpaired) electrons. The lowest BCUT2D eigenvalue weighted by Gasteiger charge is -2.21. The lowest BCUT2D eigenvalue weighted by atomic mass is 10.2. The van der Waals surface area contributed by atoms with E-state index in [0.717, 1.165) is 29.4 Å². The summed E-state index contributed by atoms with van der Waals surface area (Å²) in [6.45, 7) is 0.236. The highest BCUT2D eigenvalue weighted by Crippen LogP contribution is 2.24. The van der Waals surface area contributed by atoms with Crippen molar-refractivity contribution in [1.29, 1.82) is 0 Å². The van der Waals surface area contributed by atoms with Gasteiger partial charge in [0, 0.05) is 29.1 Å². The molecule has 1 unspecified atom stereocenters. The zero-order chi connectivity index (χ0) is 15.5. The summed E-state index contributed by atoms with van der Waals surface area (Å²) in [6, 6.07) is 2.76. The second-order valence-corrected chi connectivity index (χ2v) is 8.66. The van der Waals surface area contributed by atoms with Crippen molar-refractivity contribution in [2.75, 3.05) is 23.8 Å². The normalized spacial score (nSPS) is 19.4. The summed E-state index contributed by atoms with van der Waals surface area (Å²) in [6.07, 6.45) is 0. The van der Waals surface area contributed by atoms with Gasteiger partial charge in [0.2, 0.25) is 10.0 Å². The molecule has 0 aromatic heterocycles. The number of benzene rings is 1. The van der Waals surface area contributed by atoms with Crippen LogP contribution in [0.5, 0.6) is 0 Å². The molecule has 116 valence electrons. The van der Waals surface area contributed by atoms with E-state index < -0.39 is 26.7 Å². The Morgan fingerprint density at radius 1 is 1.43 bits per heavy atom. The van der Waals surface area contributed by atoms with Crippen molar-refractivity contribution in [3.8, 4) is 0 Å². The molecule has 2 N–H and O–H groups in total. The third-order valence-electron chi connectivity index (χ3n) is 2.85.